The van der Waals surface area contributed by atoms with Crippen LogP contribution in [0.3, 0.4) is 0 Å². The molecule has 0 saturated heterocycles. The Morgan fingerprint density at radius 1 is 1.35 bits per heavy atom. The molecule has 2 heterocycles. The molecule has 0 spiro atoms. The van der Waals surface area contributed by atoms with E-state index in [2.05, 4.69) is 50.4 Å². The number of aromatic nitrogens is 1. The third-order valence-corrected chi connectivity index (χ3v) is 3.82. The number of pyridine rings is 1. The van der Waals surface area contributed by atoms with E-state index in [1.807, 2.05) is 12.4 Å². The first-order valence-electron chi connectivity index (χ1n) is 6.64. The first-order valence-corrected chi connectivity index (χ1v) is 7.59. The average molecular weight is 288 g/mol. The van der Waals surface area contributed by atoms with Gasteiger partial charge in [-0.1, -0.05) is 0 Å². The quantitative estimate of drug-likeness (QED) is 0.656. The van der Waals surface area contributed by atoms with Gasteiger partial charge in [-0.05, 0) is 52.9 Å². The van der Waals surface area contributed by atoms with E-state index < -0.39 is 0 Å². The van der Waals surface area contributed by atoms with Crippen molar-refractivity contribution < 1.29 is 0 Å². The van der Waals surface area contributed by atoms with E-state index in [1.165, 1.54) is 16.7 Å². The fourth-order valence-electron chi connectivity index (χ4n) is 1.90. The molecule has 0 aromatic carbocycles. The molecule has 0 saturated carbocycles. The molecule has 0 atom stereocenters. The molecule has 2 rings (SSSR count). The summed E-state index contributed by atoms with van der Waals surface area (Å²) in [5, 5.41) is 10.9. The van der Waals surface area contributed by atoms with Crippen molar-refractivity contribution in [3.8, 4) is 0 Å². The zero-order valence-electron chi connectivity index (χ0n) is 11.9. The summed E-state index contributed by atoms with van der Waals surface area (Å²) in [6.45, 7) is 3.75. The summed E-state index contributed by atoms with van der Waals surface area (Å²) in [5.74, 6) is 0.836. The SMILES string of the molecule is CN=C(NCCc1ccncc1C)NCc1ccsc1. The molecule has 0 amide bonds. The molecule has 0 unspecified atom stereocenters. The summed E-state index contributed by atoms with van der Waals surface area (Å²) in [5.41, 5.74) is 3.83. The highest BCUT2D eigenvalue weighted by Crippen LogP contribution is 2.05. The normalized spacial score (nSPS) is 11.4. The van der Waals surface area contributed by atoms with E-state index in [0.29, 0.717) is 0 Å². The number of hydrogen-bond donors (Lipinski definition) is 2. The smallest absolute Gasteiger partial charge is 0.191 e. The van der Waals surface area contributed by atoms with E-state index >= 15 is 0 Å². The Kier molecular flexibility index (Phi) is 5.55. The summed E-state index contributed by atoms with van der Waals surface area (Å²) < 4.78 is 0. The van der Waals surface area contributed by atoms with Crippen LogP contribution in [0.2, 0.25) is 0 Å². The number of aryl methyl sites for hydroxylation is 1. The van der Waals surface area contributed by atoms with E-state index in [0.717, 1.165) is 25.5 Å². The molecular formula is C15H20N4S. The lowest BCUT2D eigenvalue weighted by molar-refractivity contribution is 0.793. The number of guanidine groups is 1. The van der Waals surface area contributed by atoms with Crippen molar-refractivity contribution in [3.05, 3.63) is 52.0 Å². The summed E-state index contributed by atoms with van der Waals surface area (Å²) in [6, 6.07) is 4.18. The Morgan fingerprint density at radius 2 is 2.25 bits per heavy atom. The standard InChI is InChI=1S/C15H20N4S/c1-12-9-17-6-3-14(12)4-7-18-15(16-2)19-10-13-5-8-20-11-13/h3,5-6,8-9,11H,4,7,10H2,1-2H3,(H2,16,18,19). The third kappa shape index (κ3) is 4.35. The van der Waals surface area contributed by atoms with Crippen LogP contribution in [0.5, 0.6) is 0 Å². The van der Waals surface area contributed by atoms with Crippen molar-refractivity contribution in [3.63, 3.8) is 0 Å². The molecule has 5 heteroatoms. The van der Waals surface area contributed by atoms with Crippen LogP contribution in [0, 0.1) is 6.92 Å². The third-order valence-electron chi connectivity index (χ3n) is 3.09. The van der Waals surface area contributed by atoms with Crippen molar-refractivity contribution in [1.82, 2.24) is 15.6 Å². The predicted octanol–water partition coefficient (Wildman–Crippen LogP) is 2.36. The first kappa shape index (κ1) is 14.5. The molecule has 0 aliphatic rings. The lowest BCUT2D eigenvalue weighted by Crippen LogP contribution is -2.37. The number of nitrogens with one attached hydrogen (secondary N) is 2. The van der Waals surface area contributed by atoms with Crippen LogP contribution in [-0.2, 0) is 13.0 Å². The van der Waals surface area contributed by atoms with Crippen molar-refractivity contribution in [2.24, 2.45) is 4.99 Å². The van der Waals surface area contributed by atoms with Gasteiger partial charge in [0.15, 0.2) is 5.96 Å². The molecule has 0 aliphatic carbocycles. The predicted molar refractivity (Wildman–Crippen MR) is 85.2 cm³/mol. The monoisotopic (exact) mass is 288 g/mol. The largest absolute Gasteiger partial charge is 0.356 e. The van der Waals surface area contributed by atoms with Gasteiger partial charge in [0.25, 0.3) is 0 Å². The zero-order chi connectivity index (χ0) is 14.2. The maximum atomic E-state index is 4.23. The van der Waals surface area contributed by atoms with Crippen molar-refractivity contribution >= 4 is 17.3 Å². The maximum absolute atomic E-state index is 4.23. The molecule has 0 fully saturated rings. The maximum Gasteiger partial charge on any atom is 0.191 e. The Bertz CT molecular complexity index is 549. The minimum Gasteiger partial charge on any atom is -0.356 e. The lowest BCUT2D eigenvalue weighted by atomic mass is 10.1. The fraction of sp³-hybridized carbons (Fsp3) is 0.333. The number of thiophene rings is 1. The van der Waals surface area contributed by atoms with Crippen LogP contribution in [-0.4, -0.2) is 24.5 Å². The van der Waals surface area contributed by atoms with Crippen LogP contribution in [0.15, 0.2) is 40.3 Å². The van der Waals surface area contributed by atoms with Crippen LogP contribution in [0.1, 0.15) is 16.7 Å². The molecule has 2 aromatic heterocycles. The number of aliphatic imine (C=N–C) groups is 1. The van der Waals surface area contributed by atoms with Gasteiger partial charge in [0.2, 0.25) is 0 Å². The van der Waals surface area contributed by atoms with Gasteiger partial charge in [0.05, 0.1) is 0 Å². The fourth-order valence-corrected chi connectivity index (χ4v) is 2.57. The van der Waals surface area contributed by atoms with E-state index in [9.17, 15) is 0 Å². The Hall–Kier alpha value is -1.88. The van der Waals surface area contributed by atoms with Crippen LogP contribution >= 0.6 is 11.3 Å². The minimum absolute atomic E-state index is 0.803. The van der Waals surface area contributed by atoms with Crippen LogP contribution < -0.4 is 10.6 Å². The van der Waals surface area contributed by atoms with E-state index in [1.54, 1.807) is 18.4 Å². The molecule has 2 aromatic rings. The van der Waals surface area contributed by atoms with Gasteiger partial charge in [0, 0.05) is 32.5 Å². The zero-order valence-corrected chi connectivity index (χ0v) is 12.7. The van der Waals surface area contributed by atoms with E-state index in [4.69, 9.17) is 0 Å². The van der Waals surface area contributed by atoms with Crippen LogP contribution in [0.4, 0.5) is 0 Å². The molecule has 4 nitrogen and oxygen atoms in total. The number of rotatable bonds is 5. The molecule has 0 aliphatic heterocycles. The van der Waals surface area contributed by atoms with Gasteiger partial charge < -0.3 is 10.6 Å². The summed E-state index contributed by atoms with van der Waals surface area (Å²) >= 11 is 1.71. The summed E-state index contributed by atoms with van der Waals surface area (Å²) in [7, 11) is 1.79. The second kappa shape index (κ2) is 7.65. The molecule has 0 bridgehead atoms. The number of nitrogens with zero attached hydrogens (tertiary/aromatic N) is 2. The van der Waals surface area contributed by atoms with Gasteiger partial charge >= 0.3 is 0 Å². The minimum atomic E-state index is 0.803. The Morgan fingerprint density at radius 3 is 2.95 bits per heavy atom. The Balaban J connectivity index is 1.75. The number of hydrogen-bond acceptors (Lipinski definition) is 3. The molecular weight excluding hydrogens is 268 g/mol. The first-order chi connectivity index (χ1) is 9.79. The Labute approximate surface area is 124 Å². The summed E-state index contributed by atoms with van der Waals surface area (Å²) in [4.78, 5) is 8.33. The van der Waals surface area contributed by atoms with Crippen molar-refractivity contribution in [2.45, 2.75) is 19.9 Å². The highest BCUT2D eigenvalue weighted by atomic mass is 32.1. The van der Waals surface area contributed by atoms with Gasteiger partial charge in [-0.3, -0.25) is 9.98 Å². The molecule has 106 valence electrons. The topological polar surface area (TPSA) is 49.3 Å². The van der Waals surface area contributed by atoms with Crippen molar-refractivity contribution in [2.75, 3.05) is 13.6 Å². The van der Waals surface area contributed by atoms with Gasteiger partial charge in [-0.25, -0.2) is 0 Å². The molecule has 0 radical (unpaired) electrons. The highest BCUT2D eigenvalue weighted by molar-refractivity contribution is 7.07. The van der Waals surface area contributed by atoms with E-state index in [-0.39, 0.29) is 0 Å². The highest BCUT2D eigenvalue weighted by Gasteiger charge is 2.00. The summed E-state index contributed by atoms with van der Waals surface area (Å²) in [6.07, 6.45) is 4.71. The average Bonchev–Trinajstić information content (AvgIpc) is 2.98. The van der Waals surface area contributed by atoms with Crippen molar-refractivity contribution in [1.29, 1.82) is 0 Å². The van der Waals surface area contributed by atoms with Gasteiger partial charge in [0.1, 0.15) is 0 Å². The second-order valence-corrected chi connectivity index (χ2v) is 5.32. The lowest BCUT2D eigenvalue weighted by Gasteiger charge is -2.12. The molecule has 20 heavy (non-hydrogen) atoms. The van der Waals surface area contributed by atoms with Gasteiger partial charge in [-0.2, -0.15) is 11.3 Å². The van der Waals surface area contributed by atoms with Crippen LogP contribution in [0.25, 0.3) is 0 Å². The molecule has 2 N–H and O–H groups in total. The second-order valence-electron chi connectivity index (χ2n) is 4.54. The van der Waals surface area contributed by atoms with Gasteiger partial charge in [-0.15, -0.1) is 0 Å².